The Balaban J connectivity index is 2.25. The normalized spacial score (nSPS) is 23.2. The van der Waals surface area contributed by atoms with Crippen LogP contribution in [0.25, 0.3) is 0 Å². The maximum atomic E-state index is 12.6. The van der Waals surface area contributed by atoms with Crippen molar-refractivity contribution in [2.75, 3.05) is 6.54 Å². The van der Waals surface area contributed by atoms with Crippen molar-refractivity contribution in [3.05, 3.63) is 29.3 Å². The molecule has 0 radical (unpaired) electrons. The summed E-state index contributed by atoms with van der Waals surface area (Å²) in [5.41, 5.74) is 0.000381. The van der Waals surface area contributed by atoms with Crippen molar-refractivity contribution in [3.63, 3.8) is 0 Å². The summed E-state index contributed by atoms with van der Waals surface area (Å²) < 4.78 is 27.6. The second-order valence-corrected chi connectivity index (χ2v) is 9.07. The predicted octanol–water partition coefficient (Wildman–Crippen LogP) is 2.56. The van der Waals surface area contributed by atoms with Crippen LogP contribution in [-0.4, -0.2) is 26.9 Å². The smallest absolute Gasteiger partial charge is 0.242 e. The van der Waals surface area contributed by atoms with Gasteiger partial charge >= 0.3 is 0 Å². The van der Waals surface area contributed by atoms with E-state index in [1.165, 1.54) is 12.1 Å². The molecule has 1 aromatic carbocycles. The van der Waals surface area contributed by atoms with Crippen LogP contribution in [0, 0.1) is 11.3 Å². The molecule has 1 saturated heterocycles. The largest absolute Gasteiger partial charge is 0.355 e. The van der Waals surface area contributed by atoms with Gasteiger partial charge in [-0.15, -0.1) is 0 Å². The lowest BCUT2D eigenvalue weighted by Crippen LogP contribution is -2.46. The summed E-state index contributed by atoms with van der Waals surface area (Å²) in [7, 11) is -3.85. The Kier molecular flexibility index (Phi) is 5.38. The molecule has 0 spiro atoms. The van der Waals surface area contributed by atoms with Crippen molar-refractivity contribution in [2.24, 2.45) is 11.3 Å². The van der Waals surface area contributed by atoms with Crippen molar-refractivity contribution < 1.29 is 13.2 Å². The number of halogens is 1. The van der Waals surface area contributed by atoms with Gasteiger partial charge in [-0.05, 0) is 36.3 Å². The summed E-state index contributed by atoms with van der Waals surface area (Å²) in [6.07, 6.45) is 1.30. The van der Waals surface area contributed by atoms with Crippen molar-refractivity contribution in [3.8, 4) is 0 Å². The topological polar surface area (TPSA) is 75.3 Å². The van der Waals surface area contributed by atoms with Crippen LogP contribution in [0.1, 0.15) is 33.6 Å². The summed E-state index contributed by atoms with van der Waals surface area (Å²) in [4.78, 5) is 12.2. The molecule has 2 unspecified atom stereocenters. The third-order valence-electron chi connectivity index (χ3n) is 4.28. The maximum Gasteiger partial charge on any atom is 0.242 e. The summed E-state index contributed by atoms with van der Waals surface area (Å²) >= 11 is 5.98. The molecule has 2 N–H and O–H groups in total. The molecule has 2 rings (SSSR count). The van der Waals surface area contributed by atoms with E-state index >= 15 is 0 Å². The minimum absolute atomic E-state index is 0.000381. The SMILES string of the molecule is CC(C)(C)C1CCNC(=O)C(NS(=O)(=O)c2ccccc2Cl)C1. The molecule has 0 aromatic heterocycles. The summed E-state index contributed by atoms with van der Waals surface area (Å²) in [5.74, 6) is -0.0484. The minimum atomic E-state index is -3.85. The molecule has 7 heteroatoms. The molecule has 1 heterocycles. The summed E-state index contributed by atoms with van der Waals surface area (Å²) in [6, 6.07) is 5.42. The van der Waals surface area contributed by atoms with Gasteiger partial charge in [0.15, 0.2) is 0 Å². The second-order valence-electron chi connectivity index (χ2n) is 6.98. The zero-order valence-corrected chi connectivity index (χ0v) is 15.2. The zero-order chi connectivity index (χ0) is 17.3. The summed E-state index contributed by atoms with van der Waals surface area (Å²) in [5, 5.41) is 2.93. The standard InChI is InChI=1S/C16H23ClN2O3S/c1-16(2,3)11-8-9-18-15(20)13(10-11)19-23(21,22)14-7-5-4-6-12(14)17/h4-7,11,13,19H,8-10H2,1-3H3,(H,18,20). The predicted molar refractivity (Wildman–Crippen MR) is 90.8 cm³/mol. The molecular formula is C16H23ClN2O3S. The van der Waals surface area contributed by atoms with Crippen LogP contribution < -0.4 is 10.0 Å². The van der Waals surface area contributed by atoms with Gasteiger partial charge in [0.1, 0.15) is 10.9 Å². The van der Waals surface area contributed by atoms with E-state index in [4.69, 9.17) is 11.6 Å². The van der Waals surface area contributed by atoms with Crippen LogP contribution >= 0.6 is 11.6 Å². The molecule has 1 fully saturated rings. The van der Waals surface area contributed by atoms with Crippen LogP contribution in [0.5, 0.6) is 0 Å². The molecule has 2 atom stereocenters. The monoisotopic (exact) mass is 358 g/mol. The summed E-state index contributed by atoms with van der Waals surface area (Å²) in [6.45, 7) is 6.87. The maximum absolute atomic E-state index is 12.6. The van der Waals surface area contributed by atoms with E-state index in [2.05, 4.69) is 30.8 Å². The van der Waals surface area contributed by atoms with E-state index < -0.39 is 16.1 Å². The highest BCUT2D eigenvalue weighted by Crippen LogP contribution is 2.33. The lowest BCUT2D eigenvalue weighted by atomic mass is 9.76. The average Bonchev–Trinajstić information content (AvgIpc) is 2.61. The number of rotatable bonds is 3. The molecule has 0 saturated carbocycles. The molecule has 0 bridgehead atoms. The number of hydrogen-bond acceptors (Lipinski definition) is 3. The van der Waals surface area contributed by atoms with Gasteiger partial charge in [-0.3, -0.25) is 4.79 Å². The average molecular weight is 359 g/mol. The highest BCUT2D eigenvalue weighted by Gasteiger charge is 2.35. The first-order valence-electron chi connectivity index (χ1n) is 7.66. The number of benzene rings is 1. The lowest BCUT2D eigenvalue weighted by Gasteiger charge is -2.31. The molecular weight excluding hydrogens is 336 g/mol. The second kappa shape index (κ2) is 6.79. The highest BCUT2D eigenvalue weighted by molar-refractivity contribution is 7.89. The number of amides is 1. The number of hydrogen-bond donors (Lipinski definition) is 2. The van der Waals surface area contributed by atoms with Crippen LogP contribution in [0.2, 0.25) is 5.02 Å². The van der Waals surface area contributed by atoms with E-state index in [0.29, 0.717) is 13.0 Å². The van der Waals surface area contributed by atoms with Crippen LogP contribution in [0.15, 0.2) is 29.2 Å². The van der Waals surface area contributed by atoms with Gasteiger partial charge in [0, 0.05) is 6.54 Å². The fourth-order valence-electron chi connectivity index (χ4n) is 2.80. The molecule has 1 aromatic rings. The fourth-order valence-corrected chi connectivity index (χ4v) is 4.53. The van der Waals surface area contributed by atoms with Crippen LogP contribution in [0.4, 0.5) is 0 Å². The Hall–Kier alpha value is -1.11. The Bertz CT molecular complexity index is 683. The first-order valence-corrected chi connectivity index (χ1v) is 9.52. The van der Waals surface area contributed by atoms with Gasteiger partial charge in [-0.1, -0.05) is 44.5 Å². The van der Waals surface area contributed by atoms with Crippen LogP contribution in [0.3, 0.4) is 0 Å². The van der Waals surface area contributed by atoms with Gasteiger partial charge < -0.3 is 5.32 Å². The van der Waals surface area contributed by atoms with Gasteiger partial charge in [0.2, 0.25) is 15.9 Å². The Morgan fingerprint density at radius 2 is 1.91 bits per heavy atom. The molecule has 1 amide bonds. The van der Waals surface area contributed by atoms with Gasteiger partial charge in [0.25, 0.3) is 0 Å². The van der Waals surface area contributed by atoms with Gasteiger partial charge in [0.05, 0.1) is 5.02 Å². The molecule has 0 aliphatic carbocycles. The molecule has 5 nitrogen and oxygen atoms in total. The van der Waals surface area contributed by atoms with Gasteiger partial charge in [-0.25, -0.2) is 8.42 Å². The quantitative estimate of drug-likeness (QED) is 0.871. The zero-order valence-electron chi connectivity index (χ0n) is 13.6. The Morgan fingerprint density at radius 3 is 2.52 bits per heavy atom. The lowest BCUT2D eigenvalue weighted by molar-refractivity contribution is -0.122. The van der Waals surface area contributed by atoms with E-state index in [9.17, 15) is 13.2 Å². The molecule has 1 aliphatic heterocycles. The third-order valence-corrected chi connectivity index (χ3v) is 6.25. The van der Waals surface area contributed by atoms with E-state index in [1.807, 2.05) is 0 Å². The van der Waals surface area contributed by atoms with E-state index in [0.717, 1.165) is 6.42 Å². The van der Waals surface area contributed by atoms with Crippen molar-refractivity contribution in [2.45, 2.75) is 44.6 Å². The number of carbonyl (C=O) groups is 1. The first kappa shape index (κ1) is 18.2. The van der Waals surface area contributed by atoms with E-state index in [1.54, 1.807) is 12.1 Å². The number of carbonyl (C=O) groups excluding carboxylic acids is 1. The highest BCUT2D eigenvalue weighted by atomic mass is 35.5. The third kappa shape index (κ3) is 4.46. The van der Waals surface area contributed by atoms with Crippen LogP contribution in [-0.2, 0) is 14.8 Å². The Morgan fingerprint density at radius 1 is 1.26 bits per heavy atom. The van der Waals surface area contributed by atoms with E-state index in [-0.39, 0.29) is 27.2 Å². The van der Waals surface area contributed by atoms with Gasteiger partial charge in [-0.2, -0.15) is 4.72 Å². The molecule has 1 aliphatic rings. The Labute approximate surface area is 142 Å². The minimum Gasteiger partial charge on any atom is -0.355 e. The molecule has 23 heavy (non-hydrogen) atoms. The number of sulfonamides is 1. The van der Waals surface area contributed by atoms with Crippen molar-refractivity contribution in [1.82, 2.24) is 10.0 Å². The van der Waals surface area contributed by atoms with Crippen molar-refractivity contribution in [1.29, 1.82) is 0 Å². The fraction of sp³-hybridized carbons (Fsp3) is 0.562. The molecule has 128 valence electrons. The first-order chi connectivity index (χ1) is 10.6. The van der Waals surface area contributed by atoms with Crippen molar-refractivity contribution >= 4 is 27.5 Å². The number of nitrogens with one attached hydrogen (secondary N) is 2.